The molecule has 2 atom stereocenters. The summed E-state index contributed by atoms with van der Waals surface area (Å²) < 4.78 is 36.6. The first kappa shape index (κ1) is 15.6. The summed E-state index contributed by atoms with van der Waals surface area (Å²) in [4.78, 5) is 0. The number of nitriles is 1. The molecule has 1 N–H and O–H groups in total. The van der Waals surface area contributed by atoms with Crippen molar-refractivity contribution in [1.29, 1.82) is 5.26 Å². The maximum atomic E-state index is 12.2. The molecule has 6 heteroatoms. The summed E-state index contributed by atoms with van der Waals surface area (Å²) in [5.74, 6) is 0.0260. The summed E-state index contributed by atoms with van der Waals surface area (Å²) in [7, 11) is 0. The monoisotopic (exact) mass is 254 g/mol. The van der Waals surface area contributed by atoms with Crippen molar-refractivity contribution >= 4 is 11.8 Å². The molecule has 0 fully saturated rings. The van der Waals surface area contributed by atoms with Crippen LogP contribution in [-0.2, 0) is 0 Å². The average molecular weight is 254 g/mol. The molecule has 2 nitrogen and oxygen atoms in total. The van der Waals surface area contributed by atoms with Gasteiger partial charge in [-0.25, -0.2) is 0 Å². The van der Waals surface area contributed by atoms with E-state index in [9.17, 15) is 13.2 Å². The van der Waals surface area contributed by atoms with E-state index in [1.54, 1.807) is 11.8 Å². The summed E-state index contributed by atoms with van der Waals surface area (Å²) in [6.45, 7) is 3.55. The molecule has 0 saturated carbocycles. The van der Waals surface area contributed by atoms with Gasteiger partial charge in [0.1, 0.15) is 0 Å². The molecular formula is C10H17F3N2S. The average Bonchev–Trinajstić information content (AvgIpc) is 2.17. The molecule has 0 radical (unpaired) electrons. The van der Waals surface area contributed by atoms with Crippen molar-refractivity contribution in [3.05, 3.63) is 0 Å². The molecule has 0 aliphatic carbocycles. The normalized spacial score (nSPS) is 15.5. The molecule has 0 aliphatic rings. The van der Waals surface area contributed by atoms with Crippen molar-refractivity contribution in [2.75, 3.05) is 18.1 Å². The third-order valence-corrected chi connectivity index (χ3v) is 3.05. The number of halogens is 3. The van der Waals surface area contributed by atoms with Crippen LogP contribution in [0.25, 0.3) is 0 Å². The first-order valence-corrected chi connectivity index (χ1v) is 6.34. The van der Waals surface area contributed by atoms with Gasteiger partial charge in [-0.1, -0.05) is 6.92 Å². The Kier molecular flexibility index (Phi) is 7.60. The van der Waals surface area contributed by atoms with Gasteiger partial charge in [-0.3, -0.25) is 0 Å². The molecule has 0 aliphatic heterocycles. The summed E-state index contributed by atoms with van der Waals surface area (Å²) in [5.41, 5.74) is 0. The van der Waals surface area contributed by atoms with Crippen LogP contribution in [0.15, 0.2) is 0 Å². The lowest BCUT2D eigenvalue weighted by atomic mass is 10.1. The van der Waals surface area contributed by atoms with Crippen molar-refractivity contribution in [3.8, 4) is 6.07 Å². The van der Waals surface area contributed by atoms with Crippen LogP contribution in [0.3, 0.4) is 0 Å². The number of thioether (sulfide) groups is 1. The summed E-state index contributed by atoms with van der Waals surface area (Å²) in [5, 5.41) is 11.1. The van der Waals surface area contributed by atoms with Crippen molar-refractivity contribution in [1.82, 2.24) is 5.32 Å². The number of alkyl halides is 3. The fourth-order valence-corrected chi connectivity index (χ4v) is 1.87. The SMILES string of the molecule is CCSCCC(C)NCC(C#N)C(F)(F)F. The highest BCUT2D eigenvalue weighted by Gasteiger charge is 2.39. The van der Waals surface area contributed by atoms with Crippen LogP contribution in [0.5, 0.6) is 0 Å². The molecule has 2 unspecified atom stereocenters. The van der Waals surface area contributed by atoms with Crippen LogP contribution >= 0.6 is 11.8 Å². The second kappa shape index (κ2) is 7.80. The fourth-order valence-electron chi connectivity index (χ4n) is 1.06. The van der Waals surface area contributed by atoms with Crippen LogP contribution in [-0.4, -0.2) is 30.3 Å². The van der Waals surface area contributed by atoms with Crippen LogP contribution in [0, 0.1) is 17.2 Å². The molecule has 94 valence electrons. The van der Waals surface area contributed by atoms with Crippen molar-refractivity contribution in [2.45, 2.75) is 32.5 Å². The quantitative estimate of drug-likeness (QED) is 0.710. The lowest BCUT2D eigenvalue weighted by molar-refractivity contribution is -0.157. The Hall–Kier alpha value is -0.410. The fraction of sp³-hybridized carbons (Fsp3) is 0.900. The van der Waals surface area contributed by atoms with E-state index in [2.05, 4.69) is 5.32 Å². The van der Waals surface area contributed by atoms with Crippen molar-refractivity contribution in [3.63, 3.8) is 0 Å². The van der Waals surface area contributed by atoms with E-state index in [4.69, 9.17) is 5.26 Å². The summed E-state index contributed by atoms with van der Waals surface area (Å²) >= 11 is 1.75. The second-order valence-electron chi connectivity index (χ2n) is 3.52. The molecule has 0 saturated heterocycles. The lowest BCUT2D eigenvalue weighted by Crippen LogP contribution is -2.37. The number of nitrogens with one attached hydrogen (secondary N) is 1. The molecular weight excluding hydrogens is 237 g/mol. The van der Waals surface area contributed by atoms with E-state index >= 15 is 0 Å². The third-order valence-electron chi connectivity index (χ3n) is 2.12. The van der Waals surface area contributed by atoms with Gasteiger partial charge in [0, 0.05) is 12.6 Å². The van der Waals surface area contributed by atoms with Crippen LogP contribution in [0.1, 0.15) is 20.3 Å². The van der Waals surface area contributed by atoms with Gasteiger partial charge in [-0.2, -0.15) is 30.2 Å². The Morgan fingerprint density at radius 3 is 2.50 bits per heavy atom. The predicted molar refractivity (Wildman–Crippen MR) is 60.2 cm³/mol. The minimum absolute atomic E-state index is 0.0113. The maximum Gasteiger partial charge on any atom is 0.405 e. The molecule has 0 aromatic carbocycles. The number of hydrogen-bond acceptors (Lipinski definition) is 3. The zero-order valence-corrected chi connectivity index (χ0v) is 10.3. The van der Waals surface area contributed by atoms with E-state index in [0.717, 1.165) is 17.9 Å². The second-order valence-corrected chi connectivity index (χ2v) is 4.91. The van der Waals surface area contributed by atoms with Crippen molar-refractivity contribution in [2.24, 2.45) is 5.92 Å². The minimum Gasteiger partial charge on any atom is -0.313 e. The zero-order valence-electron chi connectivity index (χ0n) is 9.47. The molecule has 0 rings (SSSR count). The summed E-state index contributed by atoms with van der Waals surface area (Å²) in [6.07, 6.45) is -3.62. The number of nitrogens with zero attached hydrogens (tertiary/aromatic N) is 1. The molecule has 0 aromatic rings. The highest BCUT2D eigenvalue weighted by molar-refractivity contribution is 7.99. The first-order chi connectivity index (χ1) is 7.41. The van der Waals surface area contributed by atoms with Gasteiger partial charge in [0.15, 0.2) is 5.92 Å². The number of hydrogen-bond donors (Lipinski definition) is 1. The largest absolute Gasteiger partial charge is 0.405 e. The highest BCUT2D eigenvalue weighted by Crippen LogP contribution is 2.25. The Morgan fingerprint density at radius 2 is 2.06 bits per heavy atom. The smallest absolute Gasteiger partial charge is 0.313 e. The van der Waals surface area contributed by atoms with E-state index in [1.165, 1.54) is 6.07 Å². The molecule has 16 heavy (non-hydrogen) atoms. The van der Waals surface area contributed by atoms with Gasteiger partial charge in [-0.05, 0) is 24.9 Å². The van der Waals surface area contributed by atoms with Gasteiger partial charge < -0.3 is 5.32 Å². The molecule has 0 spiro atoms. The van der Waals surface area contributed by atoms with Gasteiger partial charge in [-0.15, -0.1) is 0 Å². The standard InChI is InChI=1S/C10H17F3N2S/c1-3-16-5-4-8(2)15-7-9(6-14)10(11,12)13/h8-9,15H,3-5,7H2,1-2H3. The van der Waals surface area contributed by atoms with Gasteiger partial charge >= 0.3 is 6.18 Å². The van der Waals surface area contributed by atoms with E-state index in [-0.39, 0.29) is 12.6 Å². The summed E-state index contributed by atoms with van der Waals surface area (Å²) in [6, 6.07) is 1.28. The molecule has 0 amide bonds. The molecule has 0 heterocycles. The van der Waals surface area contributed by atoms with E-state index in [0.29, 0.717) is 0 Å². The molecule has 0 aromatic heterocycles. The van der Waals surface area contributed by atoms with Crippen molar-refractivity contribution < 1.29 is 13.2 Å². The van der Waals surface area contributed by atoms with Gasteiger partial charge in [0.05, 0.1) is 6.07 Å². The van der Waals surface area contributed by atoms with E-state index < -0.39 is 12.1 Å². The van der Waals surface area contributed by atoms with Crippen LogP contribution in [0.4, 0.5) is 13.2 Å². The van der Waals surface area contributed by atoms with Crippen LogP contribution in [0.2, 0.25) is 0 Å². The maximum absolute atomic E-state index is 12.2. The Labute approximate surface area is 98.6 Å². The highest BCUT2D eigenvalue weighted by atomic mass is 32.2. The Morgan fingerprint density at radius 1 is 1.44 bits per heavy atom. The minimum atomic E-state index is -4.43. The lowest BCUT2D eigenvalue weighted by Gasteiger charge is -2.17. The predicted octanol–water partition coefficient (Wildman–Crippen LogP) is 2.81. The number of rotatable bonds is 7. The zero-order chi connectivity index (χ0) is 12.6. The first-order valence-electron chi connectivity index (χ1n) is 5.19. The van der Waals surface area contributed by atoms with Gasteiger partial charge in [0.2, 0.25) is 0 Å². The van der Waals surface area contributed by atoms with Crippen LogP contribution < -0.4 is 5.32 Å². The Bertz CT molecular complexity index is 225. The third kappa shape index (κ3) is 6.96. The molecule has 0 bridgehead atoms. The topological polar surface area (TPSA) is 35.8 Å². The van der Waals surface area contributed by atoms with Gasteiger partial charge in [0.25, 0.3) is 0 Å². The Balaban J connectivity index is 3.81. The van der Waals surface area contributed by atoms with E-state index in [1.807, 2.05) is 13.8 Å².